The topological polar surface area (TPSA) is 83.5 Å². The van der Waals surface area contributed by atoms with Crippen LogP contribution >= 0.6 is 0 Å². The molecule has 1 aromatic rings. The molecule has 0 aromatic heterocycles. The van der Waals surface area contributed by atoms with Gasteiger partial charge in [0.1, 0.15) is 6.04 Å². The van der Waals surface area contributed by atoms with Crippen molar-refractivity contribution in [1.82, 2.24) is 4.72 Å². The molecule has 1 fully saturated rings. The second-order valence-electron chi connectivity index (χ2n) is 5.68. The van der Waals surface area contributed by atoms with Gasteiger partial charge in [-0.15, -0.1) is 0 Å². The molecule has 0 aliphatic heterocycles. The Hall–Kier alpha value is -1.40. The zero-order valence-electron chi connectivity index (χ0n) is 11.4. The van der Waals surface area contributed by atoms with Crippen LogP contribution in [0.1, 0.15) is 37.8 Å². The first kappa shape index (κ1) is 15.0. The van der Waals surface area contributed by atoms with Crippen molar-refractivity contribution in [2.75, 3.05) is 5.75 Å². The Morgan fingerprint density at radius 1 is 1.35 bits per heavy atom. The van der Waals surface area contributed by atoms with E-state index in [0.29, 0.717) is 12.0 Å². The Morgan fingerprint density at radius 2 is 1.95 bits per heavy atom. The van der Waals surface area contributed by atoms with E-state index in [0.717, 1.165) is 12.8 Å². The van der Waals surface area contributed by atoms with E-state index in [9.17, 15) is 18.3 Å². The lowest BCUT2D eigenvalue weighted by atomic mass is 10.1. The zero-order valence-corrected chi connectivity index (χ0v) is 12.2. The number of rotatable bonds is 7. The zero-order chi connectivity index (χ0) is 14.8. The third kappa shape index (κ3) is 4.05. The Balaban J connectivity index is 2.06. The smallest absolute Gasteiger partial charge is 0.326 e. The summed E-state index contributed by atoms with van der Waals surface area (Å²) in [6, 6.07) is 7.10. The lowest BCUT2D eigenvalue weighted by molar-refractivity contribution is -0.139. The second-order valence-corrected chi connectivity index (χ2v) is 7.55. The molecule has 6 heteroatoms. The van der Waals surface area contributed by atoms with E-state index < -0.39 is 22.0 Å². The van der Waals surface area contributed by atoms with E-state index in [1.807, 2.05) is 6.92 Å². The minimum atomic E-state index is -3.60. The maximum atomic E-state index is 12.0. The first-order valence-corrected chi connectivity index (χ1v) is 8.24. The molecule has 20 heavy (non-hydrogen) atoms. The third-order valence-corrected chi connectivity index (χ3v) is 5.09. The highest BCUT2D eigenvalue weighted by Crippen LogP contribution is 2.48. The molecule has 0 radical (unpaired) electrons. The van der Waals surface area contributed by atoms with Crippen LogP contribution in [-0.2, 0) is 14.8 Å². The van der Waals surface area contributed by atoms with Crippen LogP contribution in [0, 0.1) is 5.41 Å². The van der Waals surface area contributed by atoms with Crippen LogP contribution in [-0.4, -0.2) is 25.2 Å². The fourth-order valence-electron chi connectivity index (χ4n) is 1.99. The average Bonchev–Trinajstić information content (AvgIpc) is 3.14. The van der Waals surface area contributed by atoms with E-state index in [-0.39, 0.29) is 11.2 Å². The maximum absolute atomic E-state index is 12.0. The highest BCUT2D eigenvalue weighted by molar-refractivity contribution is 7.89. The molecule has 110 valence electrons. The van der Waals surface area contributed by atoms with Crippen molar-refractivity contribution < 1.29 is 18.3 Å². The molecular weight excluding hydrogens is 278 g/mol. The summed E-state index contributed by atoms with van der Waals surface area (Å²) in [7, 11) is -3.60. The molecule has 1 aliphatic rings. The van der Waals surface area contributed by atoms with Crippen LogP contribution in [0.25, 0.3) is 0 Å². The molecule has 1 aliphatic carbocycles. The van der Waals surface area contributed by atoms with Crippen LogP contribution < -0.4 is 4.72 Å². The van der Waals surface area contributed by atoms with Gasteiger partial charge in [0.15, 0.2) is 0 Å². The number of carbonyl (C=O) groups is 1. The molecular formula is C14H19NO4S. The summed E-state index contributed by atoms with van der Waals surface area (Å²) in [5.41, 5.74) is 0.557. The van der Waals surface area contributed by atoms with E-state index in [1.165, 1.54) is 0 Å². The average molecular weight is 297 g/mol. The van der Waals surface area contributed by atoms with Crippen molar-refractivity contribution in [3.05, 3.63) is 35.9 Å². The van der Waals surface area contributed by atoms with Crippen LogP contribution in [0.15, 0.2) is 30.3 Å². The number of sulfonamides is 1. The molecule has 1 atom stereocenters. The van der Waals surface area contributed by atoms with Gasteiger partial charge < -0.3 is 5.11 Å². The van der Waals surface area contributed by atoms with Crippen molar-refractivity contribution in [3.8, 4) is 0 Å². The highest BCUT2D eigenvalue weighted by Gasteiger charge is 2.38. The summed E-state index contributed by atoms with van der Waals surface area (Å²) in [5, 5.41) is 9.20. The lowest BCUT2D eigenvalue weighted by Gasteiger charge is -2.16. The Morgan fingerprint density at radius 3 is 2.45 bits per heavy atom. The summed E-state index contributed by atoms with van der Waals surface area (Å²) in [6.07, 6.45) is 2.66. The molecule has 1 aromatic carbocycles. The monoisotopic (exact) mass is 297 g/mol. The molecule has 5 nitrogen and oxygen atoms in total. The summed E-state index contributed by atoms with van der Waals surface area (Å²) in [6.45, 7) is 2.05. The normalized spacial score (nSPS) is 18.4. The van der Waals surface area contributed by atoms with Crippen molar-refractivity contribution in [2.24, 2.45) is 5.41 Å². The second kappa shape index (κ2) is 5.54. The first-order chi connectivity index (χ1) is 9.31. The van der Waals surface area contributed by atoms with Crippen LogP contribution in [0.2, 0.25) is 0 Å². The standard InChI is InChI=1S/C14H19NO4S/c1-14(7-8-14)9-10-20(18,19)15-12(13(16)17)11-5-3-2-4-6-11/h2-6,12,15H,7-10H2,1H3,(H,16,17)/t12-/m0/s1. The summed E-state index contributed by atoms with van der Waals surface area (Å²) < 4.78 is 26.3. The lowest BCUT2D eigenvalue weighted by Crippen LogP contribution is -2.35. The largest absolute Gasteiger partial charge is 0.480 e. The van der Waals surface area contributed by atoms with E-state index in [4.69, 9.17) is 0 Å². The van der Waals surface area contributed by atoms with Crippen LogP contribution in [0.4, 0.5) is 0 Å². The summed E-state index contributed by atoms with van der Waals surface area (Å²) in [5.74, 6) is -1.22. The molecule has 0 bridgehead atoms. The van der Waals surface area contributed by atoms with E-state index in [2.05, 4.69) is 4.72 Å². The van der Waals surface area contributed by atoms with Crippen molar-refractivity contribution in [3.63, 3.8) is 0 Å². The van der Waals surface area contributed by atoms with Gasteiger partial charge in [0.05, 0.1) is 5.75 Å². The molecule has 0 heterocycles. The van der Waals surface area contributed by atoms with Gasteiger partial charge in [0.2, 0.25) is 10.0 Å². The molecule has 0 unspecified atom stereocenters. The third-order valence-electron chi connectivity index (χ3n) is 3.76. The number of carboxylic acids is 1. The number of benzene rings is 1. The number of nitrogens with one attached hydrogen (secondary N) is 1. The van der Waals surface area contributed by atoms with Gasteiger partial charge in [0.25, 0.3) is 0 Å². The number of hydrogen-bond donors (Lipinski definition) is 2. The Kier molecular flexibility index (Phi) is 4.15. The number of hydrogen-bond acceptors (Lipinski definition) is 3. The van der Waals surface area contributed by atoms with Crippen LogP contribution in [0.3, 0.4) is 0 Å². The van der Waals surface area contributed by atoms with Crippen LogP contribution in [0.5, 0.6) is 0 Å². The van der Waals surface area contributed by atoms with Crippen molar-refractivity contribution in [2.45, 2.75) is 32.2 Å². The minimum absolute atomic E-state index is 0.0277. The van der Waals surface area contributed by atoms with Gasteiger partial charge in [-0.1, -0.05) is 37.3 Å². The van der Waals surface area contributed by atoms with Gasteiger partial charge in [-0.2, -0.15) is 4.72 Å². The van der Waals surface area contributed by atoms with Gasteiger partial charge in [-0.3, -0.25) is 4.79 Å². The Bertz CT molecular complexity index is 578. The number of carboxylic acid groups (broad SMARTS) is 1. The van der Waals surface area contributed by atoms with E-state index >= 15 is 0 Å². The first-order valence-electron chi connectivity index (χ1n) is 6.59. The number of aliphatic carboxylic acids is 1. The molecule has 0 amide bonds. The molecule has 0 spiro atoms. The summed E-state index contributed by atoms with van der Waals surface area (Å²) >= 11 is 0. The molecule has 0 saturated heterocycles. The predicted octanol–water partition coefficient (Wildman–Crippen LogP) is 1.92. The van der Waals surface area contributed by atoms with Gasteiger partial charge in [0, 0.05) is 0 Å². The molecule has 2 rings (SSSR count). The van der Waals surface area contributed by atoms with E-state index in [1.54, 1.807) is 30.3 Å². The van der Waals surface area contributed by atoms with Gasteiger partial charge >= 0.3 is 5.97 Å². The summed E-state index contributed by atoms with van der Waals surface area (Å²) in [4.78, 5) is 11.3. The van der Waals surface area contributed by atoms with Gasteiger partial charge in [-0.25, -0.2) is 8.42 Å². The SMILES string of the molecule is CC1(CCS(=O)(=O)N[C@H](C(=O)O)c2ccccc2)CC1. The Labute approximate surface area is 119 Å². The molecule has 1 saturated carbocycles. The van der Waals surface area contributed by atoms with Gasteiger partial charge in [-0.05, 0) is 30.2 Å². The van der Waals surface area contributed by atoms with Crippen molar-refractivity contribution in [1.29, 1.82) is 0 Å². The minimum Gasteiger partial charge on any atom is -0.480 e. The predicted molar refractivity (Wildman–Crippen MR) is 75.7 cm³/mol. The van der Waals surface area contributed by atoms with Crippen molar-refractivity contribution >= 4 is 16.0 Å². The molecule has 2 N–H and O–H groups in total. The fourth-order valence-corrected chi connectivity index (χ4v) is 3.46. The highest BCUT2D eigenvalue weighted by atomic mass is 32.2. The maximum Gasteiger partial charge on any atom is 0.326 e. The fraction of sp³-hybridized carbons (Fsp3) is 0.500. The quantitative estimate of drug-likeness (QED) is 0.805.